The number of sulfonamides is 1. The number of halogens is 1. The molecule has 2 N–H and O–H groups in total. The number of benzene rings is 2. The molecule has 1 saturated heterocycles. The van der Waals surface area contributed by atoms with Gasteiger partial charge in [-0.2, -0.15) is 0 Å². The predicted molar refractivity (Wildman–Crippen MR) is 191 cm³/mol. The number of hydrogen-bond acceptors (Lipinski definition) is 8. The number of nitrogens with zero attached hydrogens (tertiary/aromatic N) is 3. The number of nitrogens with one attached hydrogen (secondary N) is 2. The van der Waals surface area contributed by atoms with Crippen molar-refractivity contribution in [1.82, 2.24) is 9.62 Å². The molecule has 0 aromatic heterocycles. The van der Waals surface area contributed by atoms with Crippen molar-refractivity contribution in [2.24, 2.45) is 22.7 Å². The van der Waals surface area contributed by atoms with Crippen molar-refractivity contribution in [2.75, 3.05) is 49.5 Å². The van der Waals surface area contributed by atoms with Crippen molar-refractivity contribution in [1.29, 1.82) is 0 Å². The van der Waals surface area contributed by atoms with Gasteiger partial charge in [-0.1, -0.05) is 42.1 Å². The van der Waals surface area contributed by atoms with Crippen molar-refractivity contribution in [3.8, 4) is 0 Å². The summed E-state index contributed by atoms with van der Waals surface area (Å²) in [6, 6.07) is 10.7. The van der Waals surface area contributed by atoms with Gasteiger partial charge in [-0.3, -0.25) is 19.8 Å². The number of carbonyl (C=O) groups is 1. The maximum atomic E-state index is 13.1. The SMILES string of the molecule is C[C@]12CC3CC(Br)(C1)C[C@@](CN1CCN(c4ccc(C(=O)NS(=O)(=O)c5ccc(NCC6CCCCC6)c([N+](=O)[O-])c5)cc4)CC1)(C3)C2. The first-order chi connectivity index (χ1) is 22.8. The molecule has 2 aromatic carbocycles. The first-order valence-electron chi connectivity index (χ1n) is 17.7. The lowest BCUT2D eigenvalue weighted by atomic mass is 9.44. The fraction of sp³-hybridized carbons (Fsp3) is 0.639. The van der Waals surface area contributed by atoms with Gasteiger partial charge in [-0.15, -0.1) is 0 Å². The molecule has 0 spiro atoms. The quantitative estimate of drug-likeness (QED) is 0.152. The number of hydrogen-bond donors (Lipinski definition) is 2. The van der Waals surface area contributed by atoms with E-state index < -0.39 is 20.9 Å². The zero-order chi connectivity index (χ0) is 33.7. The van der Waals surface area contributed by atoms with Gasteiger partial charge in [0, 0.05) is 60.9 Å². The highest BCUT2D eigenvalue weighted by molar-refractivity contribution is 9.10. The smallest absolute Gasteiger partial charge is 0.293 e. The number of anilines is 2. The van der Waals surface area contributed by atoms with Gasteiger partial charge < -0.3 is 10.2 Å². The van der Waals surface area contributed by atoms with Crippen LogP contribution in [0.3, 0.4) is 0 Å². The Hall–Kier alpha value is -2.70. The van der Waals surface area contributed by atoms with E-state index in [1.165, 1.54) is 63.6 Å². The zero-order valence-electron chi connectivity index (χ0n) is 27.9. The molecule has 4 bridgehead atoms. The summed E-state index contributed by atoms with van der Waals surface area (Å²) in [5.74, 6) is 0.524. The highest BCUT2D eigenvalue weighted by atomic mass is 79.9. The second-order valence-electron chi connectivity index (χ2n) is 16.0. The fourth-order valence-corrected chi connectivity index (χ4v) is 13.2. The summed E-state index contributed by atoms with van der Waals surface area (Å²) in [4.78, 5) is 28.9. The first kappa shape index (κ1) is 33.8. The van der Waals surface area contributed by atoms with E-state index in [1.54, 1.807) is 12.1 Å². The summed E-state index contributed by atoms with van der Waals surface area (Å²) < 4.78 is 28.7. The molecule has 0 radical (unpaired) electrons. The molecular weight excluding hydrogens is 694 g/mol. The zero-order valence-corrected chi connectivity index (χ0v) is 30.3. The van der Waals surface area contributed by atoms with Crippen molar-refractivity contribution in [3.63, 3.8) is 0 Å². The molecule has 1 aliphatic heterocycles. The van der Waals surface area contributed by atoms with E-state index >= 15 is 0 Å². The number of nitro benzene ring substituents is 1. The van der Waals surface area contributed by atoms with Crippen LogP contribution in [0.2, 0.25) is 0 Å². The molecule has 1 amide bonds. The van der Waals surface area contributed by atoms with E-state index in [0.717, 1.165) is 69.5 Å². The molecular formula is C36H48BrN5O5S. The van der Waals surface area contributed by atoms with Gasteiger partial charge >= 0.3 is 0 Å². The summed E-state index contributed by atoms with van der Waals surface area (Å²) in [6.45, 7) is 8.10. The van der Waals surface area contributed by atoms with Crippen LogP contribution in [0.1, 0.15) is 87.9 Å². The van der Waals surface area contributed by atoms with Crippen molar-refractivity contribution >= 4 is 48.9 Å². The Kier molecular flexibility index (Phi) is 9.07. The number of carbonyl (C=O) groups excluding carboxylic acids is 1. The summed E-state index contributed by atoms with van der Waals surface area (Å²) in [6.07, 6.45) is 13.8. The molecule has 1 heterocycles. The average molecular weight is 743 g/mol. The second kappa shape index (κ2) is 12.9. The van der Waals surface area contributed by atoms with Gasteiger partial charge in [-0.05, 0) is 110 Å². The molecule has 6 aliphatic rings. The van der Waals surface area contributed by atoms with Crippen LogP contribution in [-0.4, -0.2) is 67.7 Å². The standard InChI is InChI=1S/C36H48BrN5O5S/c1-34-18-27-19-35(22-34,24-36(37,20-27)23-34)25-40-13-15-41(16-14-40)29-9-7-28(8-10-29)33(43)39-48(46,47)30-11-12-31(32(17-30)42(44)45)38-21-26-5-3-2-4-6-26/h7-12,17,26-27,38H,2-6,13-16,18-25H2,1H3,(H,39,43)/t27?,34-,35-,36?/m1/s1. The Morgan fingerprint density at radius 3 is 2.38 bits per heavy atom. The third-order valence-electron chi connectivity index (χ3n) is 11.8. The minimum Gasteiger partial charge on any atom is -0.379 e. The van der Waals surface area contributed by atoms with Gasteiger partial charge in [0.25, 0.3) is 21.6 Å². The largest absolute Gasteiger partial charge is 0.379 e. The van der Waals surface area contributed by atoms with Crippen LogP contribution in [0.4, 0.5) is 17.1 Å². The maximum Gasteiger partial charge on any atom is 0.293 e. The molecule has 4 atom stereocenters. The summed E-state index contributed by atoms with van der Waals surface area (Å²) in [7, 11) is -4.33. The number of nitro groups is 1. The summed E-state index contributed by atoms with van der Waals surface area (Å²) >= 11 is 4.19. The van der Waals surface area contributed by atoms with Gasteiger partial charge in [0.05, 0.1) is 9.82 Å². The highest BCUT2D eigenvalue weighted by Gasteiger charge is 2.61. The van der Waals surface area contributed by atoms with Crippen molar-refractivity contribution in [3.05, 3.63) is 58.1 Å². The van der Waals surface area contributed by atoms with Crippen LogP contribution >= 0.6 is 15.9 Å². The molecule has 260 valence electrons. The Morgan fingerprint density at radius 2 is 1.71 bits per heavy atom. The minimum atomic E-state index is -4.33. The Balaban J connectivity index is 0.938. The maximum absolute atomic E-state index is 13.1. The number of amides is 1. The Bertz CT molecular complexity index is 1640. The minimum absolute atomic E-state index is 0.209. The molecule has 10 nitrogen and oxygen atoms in total. The van der Waals surface area contributed by atoms with E-state index in [4.69, 9.17) is 0 Å². The number of piperazine rings is 1. The number of alkyl halides is 1. The Labute approximate surface area is 292 Å². The average Bonchev–Trinajstić information content (AvgIpc) is 3.02. The summed E-state index contributed by atoms with van der Waals surface area (Å²) in [5, 5.41) is 15.0. The van der Waals surface area contributed by atoms with Crippen LogP contribution in [0.15, 0.2) is 47.4 Å². The van der Waals surface area contributed by atoms with Crippen LogP contribution in [-0.2, 0) is 10.0 Å². The topological polar surface area (TPSA) is 125 Å². The molecule has 5 aliphatic carbocycles. The lowest BCUT2D eigenvalue weighted by molar-refractivity contribution is -0.384. The van der Waals surface area contributed by atoms with Gasteiger partial charge in [0.15, 0.2) is 0 Å². The lowest BCUT2D eigenvalue weighted by Crippen LogP contribution is -2.61. The fourth-order valence-electron chi connectivity index (χ4n) is 10.5. The predicted octanol–water partition coefficient (Wildman–Crippen LogP) is 6.95. The molecule has 6 fully saturated rings. The highest BCUT2D eigenvalue weighted by Crippen LogP contribution is 2.69. The van der Waals surface area contributed by atoms with E-state index in [1.807, 2.05) is 12.1 Å². The first-order valence-corrected chi connectivity index (χ1v) is 20.0. The Morgan fingerprint density at radius 1 is 0.979 bits per heavy atom. The van der Waals surface area contributed by atoms with Crippen LogP contribution in [0.25, 0.3) is 0 Å². The van der Waals surface area contributed by atoms with Crippen molar-refractivity contribution in [2.45, 2.75) is 86.8 Å². The third kappa shape index (κ3) is 7.12. The van der Waals surface area contributed by atoms with E-state index in [2.05, 4.69) is 42.7 Å². The van der Waals surface area contributed by atoms with E-state index in [0.29, 0.717) is 27.6 Å². The van der Waals surface area contributed by atoms with Crippen LogP contribution in [0.5, 0.6) is 0 Å². The lowest BCUT2D eigenvalue weighted by Gasteiger charge is -2.65. The van der Waals surface area contributed by atoms with Gasteiger partial charge in [0.2, 0.25) is 0 Å². The normalized spacial score (nSPS) is 30.7. The molecule has 2 aromatic rings. The van der Waals surface area contributed by atoms with E-state index in [-0.39, 0.29) is 21.8 Å². The molecule has 8 rings (SSSR count). The molecule has 12 heteroatoms. The second-order valence-corrected chi connectivity index (χ2v) is 19.4. The van der Waals surface area contributed by atoms with Gasteiger partial charge in [-0.25, -0.2) is 13.1 Å². The monoisotopic (exact) mass is 741 g/mol. The summed E-state index contributed by atoms with van der Waals surface area (Å²) in [5.41, 5.74) is 2.06. The van der Waals surface area contributed by atoms with Crippen LogP contribution in [0, 0.1) is 32.8 Å². The van der Waals surface area contributed by atoms with E-state index in [9.17, 15) is 23.3 Å². The molecule has 48 heavy (non-hydrogen) atoms. The third-order valence-corrected chi connectivity index (χ3v) is 14.0. The number of rotatable bonds is 10. The van der Waals surface area contributed by atoms with Crippen LogP contribution < -0.4 is 14.9 Å². The molecule has 5 saturated carbocycles. The van der Waals surface area contributed by atoms with Gasteiger partial charge in [0.1, 0.15) is 5.69 Å². The van der Waals surface area contributed by atoms with Crippen molar-refractivity contribution < 1.29 is 18.1 Å². The molecule has 2 unspecified atom stereocenters.